The van der Waals surface area contributed by atoms with E-state index in [2.05, 4.69) is 4.72 Å². The molecule has 0 fully saturated rings. The summed E-state index contributed by atoms with van der Waals surface area (Å²) in [6.07, 6.45) is 0. The number of ether oxygens (including phenoxy) is 1. The van der Waals surface area contributed by atoms with Gasteiger partial charge in [0.25, 0.3) is 10.0 Å². The van der Waals surface area contributed by atoms with Gasteiger partial charge in [-0.05, 0) is 48.5 Å². The highest BCUT2D eigenvalue weighted by molar-refractivity contribution is 7.92. The van der Waals surface area contributed by atoms with Crippen molar-refractivity contribution in [3.05, 3.63) is 82.3 Å². The lowest BCUT2D eigenvalue weighted by Crippen LogP contribution is -2.12. The van der Waals surface area contributed by atoms with Gasteiger partial charge in [0.1, 0.15) is 11.5 Å². The first-order valence-corrected chi connectivity index (χ1v) is 10.3. The van der Waals surface area contributed by atoms with Crippen molar-refractivity contribution in [1.82, 2.24) is 4.57 Å². The summed E-state index contributed by atoms with van der Waals surface area (Å²) in [5.41, 5.74) is 1.14. The molecular formula is C20H15ClN2O5S. The summed E-state index contributed by atoms with van der Waals surface area (Å²) in [4.78, 5) is 11.6. The quantitative estimate of drug-likeness (QED) is 0.507. The van der Waals surface area contributed by atoms with Gasteiger partial charge in [-0.25, -0.2) is 13.2 Å². The minimum Gasteiger partial charge on any atom is -0.456 e. The van der Waals surface area contributed by atoms with Crippen molar-refractivity contribution in [2.75, 3.05) is 4.72 Å². The summed E-state index contributed by atoms with van der Waals surface area (Å²) in [6, 6.07) is 17.5. The van der Waals surface area contributed by atoms with Crippen molar-refractivity contribution in [3.8, 4) is 11.5 Å². The molecule has 4 rings (SSSR count). The molecule has 1 aromatic heterocycles. The number of sulfonamides is 1. The van der Waals surface area contributed by atoms with Crippen LogP contribution >= 0.6 is 11.6 Å². The second-order valence-corrected chi connectivity index (χ2v) is 8.31. The van der Waals surface area contributed by atoms with Crippen LogP contribution < -0.4 is 15.2 Å². The molecule has 0 aliphatic rings. The number of aromatic nitrogens is 1. The Balaban J connectivity index is 1.56. The van der Waals surface area contributed by atoms with E-state index in [-0.39, 0.29) is 10.6 Å². The molecule has 1 N–H and O–H groups in total. The van der Waals surface area contributed by atoms with Crippen molar-refractivity contribution in [1.29, 1.82) is 0 Å². The van der Waals surface area contributed by atoms with Crippen LogP contribution in [0.5, 0.6) is 11.5 Å². The van der Waals surface area contributed by atoms with Crippen molar-refractivity contribution in [2.45, 2.75) is 4.90 Å². The van der Waals surface area contributed by atoms with E-state index in [0.717, 1.165) is 0 Å². The predicted octanol–water partition coefficient (Wildman–Crippen LogP) is 4.38. The lowest BCUT2D eigenvalue weighted by atomic mass is 10.3. The predicted molar refractivity (Wildman–Crippen MR) is 110 cm³/mol. The number of para-hydroxylation sites is 1. The fourth-order valence-corrected chi connectivity index (χ4v) is 3.98. The lowest BCUT2D eigenvalue weighted by molar-refractivity contribution is 0.482. The Kier molecular flexibility index (Phi) is 4.81. The molecule has 0 aliphatic heterocycles. The average molecular weight is 431 g/mol. The molecule has 0 aliphatic carbocycles. The number of hydrogen-bond acceptors (Lipinski definition) is 5. The van der Waals surface area contributed by atoms with Crippen LogP contribution in [0.15, 0.2) is 80.8 Å². The van der Waals surface area contributed by atoms with Crippen molar-refractivity contribution >= 4 is 38.4 Å². The first-order valence-electron chi connectivity index (χ1n) is 8.48. The highest BCUT2D eigenvalue weighted by Gasteiger charge is 2.16. The Morgan fingerprint density at radius 2 is 1.76 bits per heavy atom. The number of nitrogens with one attached hydrogen (secondary N) is 1. The molecule has 0 unspecified atom stereocenters. The van der Waals surface area contributed by atoms with E-state index in [1.165, 1.54) is 34.9 Å². The number of fused-ring (bicyclic) bond motifs is 1. The Hall–Kier alpha value is -3.23. The minimum atomic E-state index is -3.84. The molecule has 0 atom stereocenters. The Morgan fingerprint density at radius 1 is 1.03 bits per heavy atom. The molecule has 3 aromatic carbocycles. The molecule has 4 aromatic rings. The Bertz CT molecular complexity index is 1360. The summed E-state index contributed by atoms with van der Waals surface area (Å²) in [6.45, 7) is 0. The van der Waals surface area contributed by atoms with Crippen LogP contribution in [0.1, 0.15) is 0 Å². The molecule has 0 spiro atoms. The highest BCUT2D eigenvalue weighted by Crippen LogP contribution is 2.29. The van der Waals surface area contributed by atoms with Gasteiger partial charge >= 0.3 is 5.76 Å². The Morgan fingerprint density at radius 3 is 2.48 bits per heavy atom. The van der Waals surface area contributed by atoms with E-state index in [4.69, 9.17) is 20.8 Å². The van der Waals surface area contributed by atoms with Crippen LogP contribution in [0.25, 0.3) is 11.1 Å². The molecule has 0 radical (unpaired) electrons. The monoisotopic (exact) mass is 430 g/mol. The number of halogens is 1. The standard InChI is InChI=1S/C20H15ClN2O5S/c1-23-17-11-6-13(12-19(17)28-20(23)24)22-29(25,26)15-9-7-14(8-10-15)27-18-5-3-2-4-16(18)21/h2-12,22H,1H3. The van der Waals surface area contributed by atoms with Gasteiger partial charge in [0, 0.05) is 13.1 Å². The van der Waals surface area contributed by atoms with Gasteiger partial charge in [-0.15, -0.1) is 0 Å². The molecular weight excluding hydrogens is 416 g/mol. The van der Waals surface area contributed by atoms with Gasteiger partial charge in [-0.3, -0.25) is 9.29 Å². The normalized spacial score (nSPS) is 11.5. The molecule has 9 heteroatoms. The average Bonchev–Trinajstić information content (AvgIpc) is 2.97. The SMILES string of the molecule is Cn1c(=O)oc2cc(NS(=O)(=O)c3ccc(Oc4ccccc4Cl)cc3)ccc21. The maximum Gasteiger partial charge on any atom is 0.419 e. The molecule has 148 valence electrons. The van der Waals surface area contributed by atoms with E-state index < -0.39 is 15.8 Å². The summed E-state index contributed by atoms with van der Waals surface area (Å²) < 4.78 is 39.9. The zero-order valence-electron chi connectivity index (χ0n) is 15.1. The third-order valence-electron chi connectivity index (χ3n) is 4.24. The summed E-state index contributed by atoms with van der Waals surface area (Å²) >= 11 is 6.06. The second kappa shape index (κ2) is 7.31. The van der Waals surface area contributed by atoms with E-state index in [9.17, 15) is 13.2 Å². The molecule has 0 amide bonds. The van der Waals surface area contributed by atoms with E-state index >= 15 is 0 Å². The van der Waals surface area contributed by atoms with Crippen molar-refractivity contribution in [3.63, 3.8) is 0 Å². The maximum atomic E-state index is 12.7. The minimum absolute atomic E-state index is 0.0543. The van der Waals surface area contributed by atoms with Gasteiger partial charge < -0.3 is 9.15 Å². The van der Waals surface area contributed by atoms with Gasteiger partial charge in [0.15, 0.2) is 5.58 Å². The number of nitrogens with zero attached hydrogens (tertiary/aromatic N) is 1. The fraction of sp³-hybridized carbons (Fsp3) is 0.0500. The van der Waals surface area contributed by atoms with E-state index in [1.807, 2.05) is 0 Å². The summed E-state index contributed by atoms with van der Waals surface area (Å²) in [5, 5.41) is 0.453. The number of benzene rings is 3. The van der Waals surface area contributed by atoms with Crippen molar-refractivity contribution in [2.24, 2.45) is 7.05 Å². The smallest absolute Gasteiger partial charge is 0.419 e. The molecule has 29 heavy (non-hydrogen) atoms. The van der Waals surface area contributed by atoms with Gasteiger partial charge in [0.2, 0.25) is 0 Å². The maximum absolute atomic E-state index is 12.7. The zero-order chi connectivity index (χ0) is 20.6. The van der Waals surface area contributed by atoms with Gasteiger partial charge in [0.05, 0.1) is 21.1 Å². The third kappa shape index (κ3) is 3.85. The van der Waals surface area contributed by atoms with Gasteiger partial charge in [-0.2, -0.15) is 0 Å². The van der Waals surface area contributed by atoms with E-state index in [1.54, 1.807) is 43.4 Å². The zero-order valence-corrected chi connectivity index (χ0v) is 16.7. The molecule has 1 heterocycles. The van der Waals surface area contributed by atoms with Crippen LogP contribution in [-0.4, -0.2) is 13.0 Å². The number of anilines is 1. The first-order chi connectivity index (χ1) is 13.8. The number of aryl methyl sites for hydroxylation is 1. The van der Waals surface area contributed by atoms with Crippen LogP contribution in [0.3, 0.4) is 0 Å². The Labute approximate surface area is 171 Å². The third-order valence-corrected chi connectivity index (χ3v) is 5.95. The van der Waals surface area contributed by atoms with Crippen LogP contribution in [0, 0.1) is 0 Å². The second-order valence-electron chi connectivity index (χ2n) is 6.22. The summed E-state index contributed by atoms with van der Waals surface area (Å²) in [5.74, 6) is 0.402. The van der Waals surface area contributed by atoms with Gasteiger partial charge in [-0.1, -0.05) is 23.7 Å². The topological polar surface area (TPSA) is 90.5 Å². The molecule has 0 saturated heterocycles. The number of hydrogen-bond donors (Lipinski definition) is 1. The lowest BCUT2D eigenvalue weighted by Gasteiger charge is -2.10. The number of oxazole rings is 1. The fourth-order valence-electron chi connectivity index (χ4n) is 2.75. The van der Waals surface area contributed by atoms with Crippen LogP contribution in [0.4, 0.5) is 5.69 Å². The number of rotatable bonds is 5. The van der Waals surface area contributed by atoms with Crippen LogP contribution in [0.2, 0.25) is 5.02 Å². The largest absolute Gasteiger partial charge is 0.456 e. The van der Waals surface area contributed by atoms with Crippen molar-refractivity contribution < 1.29 is 17.6 Å². The van der Waals surface area contributed by atoms with E-state index in [0.29, 0.717) is 27.6 Å². The molecule has 0 bridgehead atoms. The molecule has 7 nitrogen and oxygen atoms in total. The molecule has 0 saturated carbocycles. The van der Waals surface area contributed by atoms with Crippen LogP contribution in [-0.2, 0) is 17.1 Å². The highest BCUT2D eigenvalue weighted by atomic mass is 35.5. The first kappa shape index (κ1) is 19.1. The summed E-state index contributed by atoms with van der Waals surface area (Å²) in [7, 11) is -2.27.